The van der Waals surface area contributed by atoms with Crippen molar-refractivity contribution in [1.29, 1.82) is 0 Å². The van der Waals surface area contributed by atoms with Crippen molar-refractivity contribution in [2.24, 2.45) is 5.92 Å². The minimum absolute atomic E-state index is 0.0402. The molecule has 1 aliphatic rings. The van der Waals surface area contributed by atoms with Gasteiger partial charge >= 0.3 is 0 Å². The fourth-order valence-corrected chi connectivity index (χ4v) is 2.92. The van der Waals surface area contributed by atoms with Crippen molar-refractivity contribution in [3.63, 3.8) is 0 Å². The monoisotopic (exact) mass is 313 g/mol. The van der Waals surface area contributed by atoms with E-state index in [0.29, 0.717) is 5.82 Å². The summed E-state index contributed by atoms with van der Waals surface area (Å²) in [6.45, 7) is 4.07. The lowest BCUT2D eigenvalue weighted by Gasteiger charge is -2.27. The van der Waals surface area contributed by atoms with Gasteiger partial charge in [0, 0.05) is 11.6 Å². The molecule has 122 valence electrons. The highest BCUT2D eigenvalue weighted by Crippen LogP contribution is 2.23. The van der Waals surface area contributed by atoms with E-state index in [4.69, 9.17) is 0 Å². The number of rotatable bonds is 4. The number of hydrogen-bond acceptors (Lipinski definition) is 4. The average Bonchev–Trinajstić information content (AvgIpc) is 3.07. The van der Waals surface area contributed by atoms with Crippen LogP contribution in [0.5, 0.6) is 0 Å². The molecule has 1 heterocycles. The second-order valence-corrected chi connectivity index (χ2v) is 6.44. The molecule has 1 aliphatic carbocycles. The molecular weight excluding hydrogens is 290 g/mol. The lowest BCUT2D eigenvalue weighted by atomic mass is 9.87. The third-order valence-electron chi connectivity index (χ3n) is 4.55. The minimum Gasteiger partial charge on any atom is -0.351 e. The van der Waals surface area contributed by atoms with Crippen molar-refractivity contribution >= 4 is 5.91 Å². The van der Waals surface area contributed by atoms with Crippen molar-refractivity contribution in [3.8, 4) is 11.4 Å². The van der Waals surface area contributed by atoms with Crippen LogP contribution in [0.3, 0.4) is 0 Å². The molecule has 1 saturated carbocycles. The standard InChI is InChI=1S/C17H23N5O/c1-12-8-10-15(11-9-12)18-17(23)13(2)22-20-16(19-21-22)14-6-4-3-5-7-14/h3-7,12-13,15H,8-11H2,1-2H3,(H,18,23). The lowest BCUT2D eigenvalue weighted by molar-refractivity contribution is -0.125. The lowest BCUT2D eigenvalue weighted by Crippen LogP contribution is -2.41. The van der Waals surface area contributed by atoms with Gasteiger partial charge in [-0.15, -0.1) is 10.2 Å². The van der Waals surface area contributed by atoms with Crippen LogP contribution in [-0.2, 0) is 4.79 Å². The van der Waals surface area contributed by atoms with E-state index in [9.17, 15) is 4.79 Å². The van der Waals surface area contributed by atoms with E-state index < -0.39 is 6.04 Å². The molecule has 1 aromatic carbocycles. The second kappa shape index (κ2) is 6.89. The topological polar surface area (TPSA) is 72.7 Å². The van der Waals surface area contributed by atoms with Crippen LogP contribution in [0, 0.1) is 5.92 Å². The Labute approximate surface area is 136 Å². The molecule has 1 amide bonds. The van der Waals surface area contributed by atoms with E-state index >= 15 is 0 Å². The molecule has 0 saturated heterocycles. The van der Waals surface area contributed by atoms with Crippen LogP contribution in [-0.4, -0.2) is 32.2 Å². The fraction of sp³-hybridized carbons (Fsp3) is 0.529. The molecule has 0 aliphatic heterocycles. The summed E-state index contributed by atoms with van der Waals surface area (Å²) in [6, 6.07) is 9.46. The Morgan fingerprint density at radius 1 is 1.22 bits per heavy atom. The molecule has 6 nitrogen and oxygen atoms in total. The highest BCUT2D eigenvalue weighted by molar-refractivity contribution is 5.79. The van der Waals surface area contributed by atoms with Gasteiger partial charge in [-0.1, -0.05) is 37.3 Å². The molecule has 0 radical (unpaired) electrons. The Morgan fingerprint density at radius 3 is 2.61 bits per heavy atom. The van der Waals surface area contributed by atoms with Crippen LogP contribution in [0.2, 0.25) is 0 Å². The number of aromatic nitrogens is 4. The zero-order chi connectivity index (χ0) is 16.2. The summed E-state index contributed by atoms with van der Waals surface area (Å²) in [5.74, 6) is 1.27. The number of nitrogens with zero attached hydrogens (tertiary/aromatic N) is 4. The fourth-order valence-electron chi connectivity index (χ4n) is 2.92. The first-order valence-corrected chi connectivity index (χ1v) is 8.29. The summed E-state index contributed by atoms with van der Waals surface area (Å²) in [4.78, 5) is 13.8. The number of tetrazole rings is 1. The Hall–Kier alpha value is -2.24. The summed E-state index contributed by atoms with van der Waals surface area (Å²) >= 11 is 0. The van der Waals surface area contributed by atoms with Crippen LogP contribution in [0.25, 0.3) is 11.4 Å². The van der Waals surface area contributed by atoms with Crippen LogP contribution in [0.1, 0.15) is 45.6 Å². The van der Waals surface area contributed by atoms with E-state index in [1.165, 1.54) is 17.6 Å². The van der Waals surface area contributed by atoms with Gasteiger partial charge < -0.3 is 5.32 Å². The third kappa shape index (κ3) is 3.75. The number of carbonyl (C=O) groups is 1. The predicted octanol–water partition coefficient (Wildman–Crippen LogP) is 2.60. The first kappa shape index (κ1) is 15.6. The van der Waals surface area contributed by atoms with Crippen molar-refractivity contribution < 1.29 is 4.79 Å². The van der Waals surface area contributed by atoms with Gasteiger partial charge in [0.1, 0.15) is 6.04 Å². The van der Waals surface area contributed by atoms with Gasteiger partial charge in [0.2, 0.25) is 11.7 Å². The van der Waals surface area contributed by atoms with Crippen LogP contribution < -0.4 is 5.32 Å². The van der Waals surface area contributed by atoms with E-state index in [1.54, 1.807) is 6.92 Å². The Bertz CT molecular complexity index is 646. The van der Waals surface area contributed by atoms with Crippen molar-refractivity contribution in [2.45, 2.75) is 51.6 Å². The Balaban J connectivity index is 1.62. The largest absolute Gasteiger partial charge is 0.351 e. The highest BCUT2D eigenvalue weighted by atomic mass is 16.2. The number of carbonyl (C=O) groups excluding carboxylic acids is 1. The number of nitrogens with one attached hydrogen (secondary N) is 1. The molecule has 1 N–H and O–H groups in total. The summed E-state index contributed by atoms with van der Waals surface area (Å²) < 4.78 is 0. The summed E-state index contributed by atoms with van der Waals surface area (Å²) in [5, 5.41) is 15.5. The molecule has 1 aromatic heterocycles. The molecule has 1 atom stereocenters. The van der Waals surface area contributed by atoms with Gasteiger partial charge in [-0.05, 0) is 43.7 Å². The summed E-state index contributed by atoms with van der Waals surface area (Å²) in [6.07, 6.45) is 4.47. The normalized spacial score (nSPS) is 22.5. The molecule has 3 rings (SSSR count). The maximum atomic E-state index is 12.4. The maximum absolute atomic E-state index is 12.4. The first-order valence-electron chi connectivity index (χ1n) is 8.29. The van der Waals surface area contributed by atoms with Crippen molar-refractivity contribution in [1.82, 2.24) is 25.5 Å². The molecular formula is C17H23N5O. The molecule has 1 unspecified atom stereocenters. The van der Waals surface area contributed by atoms with Gasteiger partial charge in [-0.2, -0.15) is 4.80 Å². The molecule has 23 heavy (non-hydrogen) atoms. The van der Waals surface area contributed by atoms with E-state index in [-0.39, 0.29) is 11.9 Å². The molecule has 0 bridgehead atoms. The predicted molar refractivity (Wildman–Crippen MR) is 87.5 cm³/mol. The zero-order valence-corrected chi connectivity index (χ0v) is 13.6. The van der Waals surface area contributed by atoms with E-state index in [1.807, 2.05) is 30.3 Å². The Morgan fingerprint density at radius 2 is 1.91 bits per heavy atom. The molecule has 2 aromatic rings. The summed E-state index contributed by atoms with van der Waals surface area (Å²) in [5.41, 5.74) is 0.896. The average molecular weight is 313 g/mol. The molecule has 6 heteroatoms. The molecule has 0 spiro atoms. The van der Waals surface area contributed by atoms with Crippen LogP contribution in [0.4, 0.5) is 0 Å². The van der Waals surface area contributed by atoms with Gasteiger partial charge in [0.25, 0.3) is 0 Å². The van der Waals surface area contributed by atoms with Crippen LogP contribution in [0.15, 0.2) is 30.3 Å². The van der Waals surface area contributed by atoms with E-state index in [2.05, 4.69) is 27.7 Å². The quantitative estimate of drug-likeness (QED) is 0.941. The Kier molecular flexibility index (Phi) is 4.69. The number of amides is 1. The molecule has 1 fully saturated rings. The smallest absolute Gasteiger partial charge is 0.246 e. The van der Waals surface area contributed by atoms with Crippen LogP contribution >= 0.6 is 0 Å². The van der Waals surface area contributed by atoms with Gasteiger partial charge in [-0.3, -0.25) is 4.79 Å². The summed E-state index contributed by atoms with van der Waals surface area (Å²) in [7, 11) is 0. The number of hydrogen-bond donors (Lipinski definition) is 1. The number of benzene rings is 1. The maximum Gasteiger partial charge on any atom is 0.246 e. The second-order valence-electron chi connectivity index (χ2n) is 6.44. The SMILES string of the molecule is CC1CCC(NC(=O)C(C)n2nnc(-c3ccccc3)n2)CC1. The van der Waals surface area contributed by atoms with Crippen molar-refractivity contribution in [3.05, 3.63) is 30.3 Å². The highest BCUT2D eigenvalue weighted by Gasteiger charge is 2.24. The van der Waals surface area contributed by atoms with E-state index in [0.717, 1.165) is 24.3 Å². The van der Waals surface area contributed by atoms with Gasteiger partial charge in [0.05, 0.1) is 0 Å². The van der Waals surface area contributed by atoms with Gasteiger partial charge in [0.15, 0.2) is 0 Å². The van der Waals surface area contributed by atoms with Gasteiger partial charge in [-0.25, -0.2) is 0 Å². The minimum atomic E-state index is -0.459. The first-order chi connectivity index (χ1) is 11.1. The zero-order valence-electron chi connectivity index (χ0n) is 13.6. The third-order valence-corrected chi connectivity index (χ3v) is 4.55. The van der Waals surface area contributed by atoms with Crippen molar-refractivity contribution in [2.75, 3.05) is 0 Å².